The first kappa shape index (κ1) is 12.5. The van der Waals surface area contributed by atoms with E-state index in [1.54, 1.807) is 7.11 Å². The van der Waals surface area contributed by atoms with Crippen molar-refractivity contribution < 1.29 is 9.53 Å². The van der Waals surface area contributed by atoms with Crippen LogP contribution in [0.5, 0.6) is 5.75 Å². The number of aldehydes is 1. The molecule has 1 heterocycles. The first-order valence-electron chi connectivity index (χ1n) is 6.43. The molecule has 0 unspecified atom stereocenters. The van der Waals surface area contributed by atoms with Crippen LogP contribution in [0, 0.1) is 0 Å². The van der Waals surface area contributed by atoms with Crippen molar-refractivity contribution in [2.75, 3.05) is 7.11 Å². The van der Waals surface area contributed by atoms with Crippen molar-refractivity contribution in [3.63, 3.8) is 0 Å². The Morgan fingerprint density at radius 2 is 1.85 bits per heavy atom. The van der Waals surface area contributed by atoms with Gasteiger partial charge in [0.05, 0.1) is 12.8 Å². The summed E-state index contributed by atoms with van der Waals surface area (Å²) in [5.74, 6) is 0.755. The van der Waals surface area contributed by atoms with Crippen LogP contribution in [0.1, 0.15) is 10.4 Å². The topological polar surface area (TPSA) is 31.2 Å². The lowest BCUT2D eigenvalue weighted by atomic mass is 10.1. The van der Waals surface area contributed by atoms with Crippen LogP contribution in [-0.4, -0.2) is 18.0 Å². The number of aryl methyl sites for hydroxylation is 1. The SMILES string of the molecule is COc1ccc2c(c1)c(C=O)c(-c1ccccc1)n2C. The molecule has 0 aliphatic rings. The quantitative estimate of drug-likeness (QED) is 0.677. The van der Waals surface area contributed by atoms with Gasteiger partial charge in [-0.05, 0) is 23.8 Å². The van der Waals surface area contributed by atoms with E-state index in [4.69, 9.17) is 4.74 Å². The van der Waals surface area contributed by atoms with Crippen LogP contribution in [0.15, 0.2) is 48.5 Å². The summed E-state index contributed by atoms with van der Waals surface area (Å²) >= 11 is 0. The third-order valence-electron chi connectivity index (χ3n) is 3.61. The Balaban J connectivity index is 2.37. The molecule has 0 spiro atoms. The van der Waals surface area contributed by atoms with E-state index in [0.29, 0.717) is 5.56 Å². The average Bonchev–Trinajstić information content (AvgIpc) is 2.79. The number of carbonyl (C=O) groups excluding carboxylic acids is 1. The van der Waals surface area contributed by atoms with E-state index in [1.165, 1.54) is 0 Å². The van der Waals surface area contributed by atoms with Gasteiger partial charge in [0.2, 0.25) is 0 Å². The van der Waals surface area contributed by atoms with Crippen LogP contribution in [0.2, 0.25) is 0 Å². The Bertz CT molecular complexity index is 773. The summed E-state index contributed by atoms with van der Waals surface area (Å²) < 4.78 is 7.30. The molecule has 0 aliphatic carbocycles. The highest BCUT2D eigenvalue weighted by atomic mass is 16.5. The summed E-state index contributed by atoms with van der Waals surface area (Å²) in [6.07, 6.45) is 0.921. The van der Waals surface area contributed by atoms with Crippen LogP contribution in [0.25, 0.3) is 22.2 Å². The number of aromatic nitrogens is 1. The number of hydrogen-bond acceptors (Lipinski definition) is 2. The maximum Gasteiger partial charge on any atom is 0.152 e. The lowest BCUT2D eigenvalue weighted by molar-refractivity contribution is 0.112. The third-order valence-corrected chi connectivity index (χ3v) is 3.61. The van der Waals surface area contributed by atoms with Crippen molar-refractivity contribution >= 4 is 17.2 Å². The van der Waals surface area contributed by atoms with Crippen LogP contribution < -0.4 is 4.74 Å². The highest BCUT2D eigenvalue weighted by molar-refractivity contribution is 6.05. The van der Waals surface area contributed by atoms with Crippen LogP contribution in [0.3, 0.4) is 0 Å². The second kappa shape index (κ2) is 4.85. The summed E-state index contributed by atoms with van der Waals surface area (Å²) in [7, 11) is 3.60. The van der Waals surface area contributed by atoms with Gasteiger partial charge in [-0.1, -0.05) is 30.3 Å². The van der Waals surface area contributed by atoms with E-state index in [0.717, 1.165) is 34.2 Å². The predicted molar refractivity (Wildman–Crippen MR) is 80.3 cm³/mol. The summed E-state index contributed by atoms with van der Waals surface area (Å²) in [4.78, 5) is 11.6. The Kier molecular flexibility index (Phi) is 3.03. The van der Waals surface area contributed by atoms with Gasteiger partial charge in [0.1, 0.15) is 5.75 Å². The van der Waals surface area contributed by atoms with E-state index in [-0.39, 0.29) is 0 Å². The molecule has 0 N–H and O–H groups in total. The number of hydrogen-bond donors (Lipinski definition) is 0. The van der Waals surface area contributed by atoms with Gasteiger partial charge in [0.15, 0.2) is 6.29 Å². The zero-order valence-corrected chi connectivity index (χ0v) is 11.5. The fourth-order valence-corrected chi connectivity index (χ4v) is 2.64. The normalized spacial score (nSPS) is 10.7. The molecule has 0 radical (unpaired) electrons. The van der Waals surface area contributed by atoms with Gasteiger partial charge in [-0.25, -0.2) is 0 Å². The molecular weight excluding hydrogens is 250 g/mol. The maximum atomic E-state index is 11.6. The van der Waals surface area contributed by atoms with Crippen LogP contribution in [-0.2, 0) is 7.05 Å². The smallest absolute Gasteiger partial charge is 0.152 e. The molecule has 0 saturated carbocycles. The van der Waals surface area contributed by atoms with E-state index in [1.807, 2.05) is 60.1 Å². The van der Waals surface area contributed by atoms with Gasteiger partial charge in [-0.15, -0.1) is 0 Å². The summed E-state index contributed by atoms with van der Waals surface area (Å²) in [5, 5.41) is 0.917. The van der Waals surface area contributed by atoms with E-state index in [2.05, 4.69) is 0 Å². The van der Waals surface area contributed by atoms with E-state index in [9.17, 15) is 4.79 Å². The van der Waals surface area contributed by atoms with E-state index < -0.39 is 0 Å². The molecule has 0 fully saturated rings. The van der Waals surface area contributed by atoms with Gasteiger partial charge in [-0.3, -0.25) is 4.79 Å². The second-order valence-corrected chi connectivity index (χ2v) is 4.69. The maximum absolute atomic E-state index is 11.6. The van der Waals surface area contributed by atoms with Crippen molar-refractivity contribution in [2.24, 2.45) is 7.05 Å². The molecule has 3 rings (SSSR count). The molecule has 1 aromatic heterocycles. The molecule has 0 amide bonds. The fourth-order valence-electron chi connectivity index (χ4n) is 2.64. The number of nitrogens with zero attached hydrogens (tertiary/aromatic N) is 1. The first-order valence-corrected chi connectivity index (χ1v) is 6.43. The van der Waals surface area contributed by atoms with Crippen LogP contribution >= 0.6 is 0 Å². The Hall–Kier alpha value is -2.55. The highest BCUT2D eigenvalue weighted by Gasteiger charge is 2.16. The van der Waals surface area contributed by atoms with Gasteiger partial charge in [-0.2, -0.15) is 0 Å². The molecular formula is C17H15NO2. The summed E-state index contributed by atoms with van der Waals surface area (Å²) in [5.41, 5.74) is 3.69. The van der Waals surface area contributed by atoms with Gasteiger partial charge < -0.3 is 9.30 Å². The van der Waals surface area contributed by atoms with Crippen molar-refractivity contribution in [1.82, 2.24) is 4.57 Å². The minimum Gasteiger partial charge on any atom is -0.497 e. The minimum absolute atomic E-state index is 0.701. The van der Waals surface area contributed by atoms with Gasteiger partial charge in [0.25, 0.3) is 0 Å². The minimum atomic E-state index is 0.701. The highest BCUT2D eigenvalue weighted by Crippen LogP contribution is 2.33. The zero-order valence-electron chi connectivity index (χ0n) is 11.5. The summed E-state index contributed by atoms with van der Waals surface area (Å²) in [6, 6.07) is 15.7. The fraction of sp³-hybridized carbons (Fsp3) is 0.118. The molecule has 0 atom stereocenters. The predicted octanol–water partition coefficient (Wildman–Crippen LogP) is 3.67. The second-order valence-electron chi connectivity index (χ2n) is 4.69. The lowest BCUT2D eigenvalue weighted by Crippen LogP contribution is -1.93. The number of methoxy groups -OCH3 is 1. The zero-order chi connectivity index (χ0) is 14.1. The van der Waals surface area contributed by atoms with Gasteiger partial charge in [0, 0.05) is 23.5 Å². The number of carbonyl (C=O) groups is 1. The van der Waals surface area contributed by atoms with E-state index >= 15 is 0 Å². The molecule has 0 saturated heterocycles. The third kappa shape index (κ3) is 1.79. The number of benzene rings is 2. The molecule has 3 heteroatoms. The first-order chi connectivity index (χ1) is 9.76. The van der Waals surface area contributed by atoms with Crippen LogP contribution in [0.4, 0.5) is 0 Å². The Morgan fingerprint density at radius 1 is 1.10 bits per heavy atom. The van der Waals surface area contributed by atoms with Crippen molar-refractivity contribution in [3.8, 4) is 17.0 Å². The molecule has 100 valence electrons. The molecule has 3 nitrogen and oxygen atoms in total. The Morgan fingerprint density at radius 3 is 2.50 bits per heavy atom. The monoisotopic (exact) mass is 265 g/mol. The number of fused-ring (bicyclic) bond motifs is 1. The largest absolute Gasteiger partial charge is 0.497 e. The van der Waals surface area contributed by atoms with Crippen molar-refractivity contribution in [3.05, 3.63) is 54.1 Å². The summed E-state index contributed by atoms with van der Waals surface area (Å²) in [6.45, 7) is 0. The number of rotatable bonds is 3. The van der Waals surface area contributed by atoms with Gasteiger partial charge >= 0.3 is 0 Å². The molecule has 20 heavy (non-hydrogen) atoms. The molecule has 3 aromatic rings. The molecule has 0 aliphatic heterocycles. The lowest BCUT2D eigenvalue weighted by Gasteiger charge is -2.05. The average molecular weight is 265 g/mol. The Labute approximate surface area is 117 Å². The standard InChI is InChI=1S/C17H15NO2/c1-18-16-9-8-13(20-2)10-14(16)15(11-19)17(18)12-6-4-3-5-7-12/h3-11H,1-2H3. The molecule has 2 aromatic carbocycles. The number of ether oxygens (including phenoxy) is 1. The van der Waals surface area contributed by atoms with Crippen molar-refractivity contribution in [1.29, 1.82) is 0 Å². The van der Waals surface area contributed by atoms with Crippen molar-refractivity contribution in [2.45, 2.75) is 0 Å². The molecule has 0 bridgehead atoms.